The van der Waals surface area contributed by atoms with Crippen LogP contribution in [-0.4, -0.2) is 35.6 Å². The Hall–Kier alpha value is -1.16. The molecule has 0 radical (unpaired) electrons. The molecule has 1 aliphatic heterocycles. The molecule has 2 heterocycles. The quantitative estimate of drug-likeness (QED) is 0.853. The van der Waals surface area contributed by atoms with Gasteiger partial charge in [-0.15, -0.1) is 0 Å². The minimum absolute atomic E-state index is 0.729. The van der Waals surface area contributed by atoms with Crippen molar-refractivity contribution in [2.75, 3.05) is 24.5 Å². The van der Waals surface area contributed by atoms with Gasteiger partial charge in [0.15, 0.2) is 0 Å². The molecule has 4 heteroatoms. The highest BCUT2D eigenvalue weighted by atomic mass is 15.2. The van der Waals surface area contributed by atoms with Gasteiger partial charge in [-0.2, -0.15) is 0 Å². The number of nitrogens with one attached hydrogen (secondary N) is 1. The van der Waals surface area contributed by atoms with E-state index in [1.807, 2.05) is 12.3 Å². The molecule has 1 aliphatic carbocycles. The van der Waals surface area contributed by atoms with E-state index in [1.54, 1.807) is 6.33 Å². The van der Waals surface area contributed by atoms with Crippen molar-refractivity contribution in [3.8, 4) is 0 Å². The van der Waals surface area contributed by atoms with Crippen LogP contribution in [0.1, 0.15) is 25.7 Å². The molecular weight excluding hydrogens is 212 g/mol. The molecule has 0 aromatic carbocycles. The highest BCUT2D eigenvalue weighted by Gasteiger charge is 2.31. The standard InChI is InChI=1S/C13H20N4/c1-2-11(8-14-6-1)9-17(12-3-4-12)13-5-7-15-10-16-13/h5,7,10-12,14H,1-4,6,8-9H2. The zero-order valence-electron chi connectivity index (χ0n) is 10.2. The van der Waals surface area contributed by atoms with E-state index in [9.17, 15) is 0 Å². The van der Waals surface area contributed by atoms with Gasteiger partial charge < -0.3 is 10.2 Å². The second-order valence-electron chi connectivity index (χ2n) is 5.16. The molecule has 1 unspecified atom stereocenters. The molecule has 3 rings (SSSR count). The van der Waals surface area contributed by atoms with Crippen molar-refractivity contribution >= 4 is 5.82 Å². The molecule has 17 heavy (non-hydrogen) atoms. The second-order valence-corrected chi connectivity index (χ2v) is 5.16. The van der Waals surface area contributed by atoms with Crippen LogP contribution in [0.3, 0.4) is 0 Å². The Morgan fingerprint density at radius 2 is 2.29 bits per heavy atom. The van der Waals surface area contributed by atoms with Crippen molar-refractivity contribution in [2.45, 2.75) is 31.7 Å². The van der Waals surface area contributed by atoms with Crippen LogP contribution in [0.2, 0.25) is 0 Å². The van der Waals surface area contributed by atoms with Crippen LogP contribution in [0.4, 0.5) is 5.82 Å². The molecule has 92 valence electrons. The molecule has 0 spiro atoms. The minimum atomic E-state index is 0.729. The van der Waals surface area contributed by atoms with Gasteiger partial charge in [-0.3, -0.25) is 0 Å². The Labute approximate surface area is 102 Å². The first-order valence-electron chi connectivity index (χ1n) is 6.67. The van der Waals surface area contributed by atoms with E-state index in [4.69, 9.17) is 0 Å². The lowest BCUT2D eigenvalue weighted by Crippen LogP contribution is -2.39. The van der Waals surface area contributed by atoms with Gasteiger partial charge in [0.25, 0.3) is 0 Å². The molecule has 1 atom stereocenters. The van der Waals surface area contributed by atoms with E-state index in [-0.39, 0.29) is 0 Å². The van der Waals surface area contributed by atoms with Gasteiger partial charge in [0.05, 0.1) is 0 Å². The van der Waals surface area contributed by atoms with Crippen molar-refractivity contribution in [1.29, 1.82) is 0 Å². The largest absolute Gasteiger partial charge is 0.353 e. The summed E-state index contributed by atoms with van der Waals surface area (Å²) in [6.45, 7) is 3.50. The predicted octanol–water partition coefficient (Wildman–Crippen LogP) is 1.44. The lowest BCUT2D eigenvalue weighted by Gasteiger charge is -2.31. The Bertz CT molecular complexity index is 344. The first-order valence-corrected chi connectivity index (χ1v) is 6.67. The van der Waals surface area contributed by atoms with Crippen LogP contribution in [0, 0.1) is 5.92 Å². The summed E-state index contributed by atoms with van der Waals surface area (Å²) in [6.07, 6.45) is 8.81. The normalized spacial score (nSPS) is 24.6. The molecule has 0 bridgehead atoms. The molecule has 1 aromatic heterocycles. The summed E-state index contributed by atoms with van der Waals surface area (Å²) >= 11 is 0. The monoisotopic (exact) mass is 232 g/mol. The van der Waals surface area contributed by atoms with Gasteiger partial charge in [-0.25, -0.2) is 9.97 Å². The van der Waals surface area contributed by atoms with E-state index in [0.717, 1.165) is 30.9 Å². The Morgan fingerprint density at radius 1 is 1.35 bits per heavy atom. The van der Waals surface area contributed by atoms with Crippen LogP contribution in [0.5, 0.6) is 0 Å². The third-order valence-electron chi connectivity index (χ3n) is 3.70. The van der Waals surface area contributed by atoms with E-state index >= 15 is 0 Å². The van der Waals surface area contributed by atoms with Crippen LogP contribution in [-0.2, 0) is 0 Å². The summed E-state index contributed by atoms with van der Waals surface area (Å²) in [6, 6.07) is 2.76. The summed E-state index contributed by atoms with van der Waals surface area (Å²) in [5, 5.41) is 3.49. The van der Waals surface area contributed by atoms with Crippen molar-refractivity contribution in [3.63, 3.8) is 0 Å². The van der Waals surface area contributed by atoms with Gasteiger partial charge in [-0.1, -0.05) is 0 Å². The highest BCUT2D eigenvalue weighted by molar-refractivity contribution is 5.40. The van der Waals surface area contributed by atoms with Crippen LogP contribution in [0.25, 0.3) is 0 Å². The maximum Gasteiger partial charge on any atom is 0.132 e. The number of hydrogen-bond donors (Lipinski definition) is 1. The summed E-state index contributed by atoms with van der Waals surface area (Å²) in [5.74, 6) is 1.88. The van der Waals surface area contributed by atoms with Crippen LogP contribution in [0.15, 0.2) is 18.6 Å². The first kappa shape index (κ1) is 11.0. The Morgan fingerprint density at radius 3 is 2.94 bits per heavy atom. The van der Waals surface area contributed by atoms with Crippen molar-refractivity contribution in [2.24, 2.45) is 5.92 Å². The van der Waals surface area contributed by atoms with Crippen molar-refractivity contribution in [1.82, 2.24) is 15.3 Å². The lowest BCUT2D eigenvalue weighted by molar-refractivity contribution is 0.375. The smallest absolute Gasteiger partial charge is 0.132 e. The van der Waals surface area contributed by atoms with Gasteiger partial charge in [0.1, 0.15) is 12.1 Å². The Kier molecular flexibility index (Phi) is 3.22. The molecule has 2 fully saturated rings. The number of rotatable bonds is 4. The number of aromatic nitrogens is 2. The SMILES string of the molecule is c1cc(N(CC2CCCNC2)C2CC2)ncn1. The summed E-state index contributed by atoms with van der Waals surface area (Å²) in [7, 11) is 0. The number of piperidine rings is 1. The minimum Gasteiger partial charge on any atom is -0.353 e. The van der Waals surface area contributed by atoms with Crippen LogP contribution < -0.4 is 10.2 Å². The zero-order valence-corrected chi connectivity index (χ0v) is 10.2. The van der Waals surface area contributed by atoms with E-state index < -0.39 is 0 Å². The molecule has 4 nitrogen and oxygen atoms in total. The fourth-order valence-electron chi connectivity index (χ4n) is 2.63. The number of nitrogens with zero attached hydrogens (tertiary/aromatic N) is 3. The maximum atomic E-state index is 4.40. The second kappa shape index (κ2) is 5.00. The zero-order chi connectivity index (χ0) is 11.5. The van der Waals surface area contributed by atoms with Gasteiger partial charge in [0, 0.05) is 18.8 Å². The highest BCUT2D eigenvalue weighted by Crippen LogP contribution is 2.31. The first-order chi connectivity index (χ1) is 8.43. The van der Waals surface area contributed by atoms with Crippen molar-refractivity contribution < 1.29 is 0 Å². The molecule has 1 saturated carbocycles. The predicted molar refractivity (Wildman–Crippen MR) is 68.0 cm³/mol. The van der Waals surface area contributed by atoms with Crippen LogP contribution >= 0.6 is 0 Å². The lowest BCUT2D eigenvalue weighted by atomic mass is 9.99. The third kappa shape index (κ3) is 2.75. The molecular formula is C13H20N4. The van der Waals surface area contributed by atoms with Crippen molar-refractivity contribution in [3.05, 3.63) is 18.6 Å². The molecule has 0 amide bonds. The Balaban J connectivity index is 1.67. The summed E-state index contributed by atoms with van der Waals surface area (Å²) in [4.78, 5) is 10.9. The average molecular weight is 232 g/mol. The molecule has 2 aliphatic rings. The molecule has 1 aromatic rings. The fourth-order valence-corrected chi connectivity index (χ4v) is 2.63. The fraction of sp³-hybridized carbons (Fsp3) is 0.692. The average Bonchev–Trinajstić information content (AvgIpc) is 3.23. The van der Waals surface area contributed by atoms with Gasteiger partial charge in [0.2, 0.25) is 0 Å². The molecule has 1 N–H and O–H groups in total. The van der Waals surface area contributed by atoms with E-state index in [2.05, 4.69) is 20.2 Å². The van der Waals surface area contributed by atoms with Gasteiger partial charge in [-0.05, 0) is 50.8 Å². The van der Waals surface area contributed by atoms with Gasteiger partial charge >= 0.3 is 0 Å². The summed E-state index contributed by atoms with van der Waals surface area (Å²) < 4.78 is 0. The molecule has 1 saturated heterocycles. The van der Waals surface area contributed by atoms with E-state index in [0.29, 0.717) is 0 Å². The maximum absolute atomic E-state index is 4.40. The topological polar surface area (TPSA) is 41.0 Å². The third-order valence-corrected chi connectivity index (χ3v) is 3.70. The summed E-state index contributed by atoms with van der Waals surface area (Å²) in [5.41, 5.74) is 0. The van der Waals surface area contributed by atoms with E-state index in [1.165, 1.54) is 32.2 Å². The number of anilines is 1. The number of hydrogen-bond acceptors (Lipinski definition) is 4.